The van der Waals surface area contributed by atoms with Crippen LogP contribution in [0.1, 0.15) is 38.5 Å². The molecule has 2 aliphatic rings. The highest BCUT2D eigenvalue weighted by molar-refractivity contribution is 6.80. The lowest BCUT2D eigenvalue weighted by Crippen LogP contribution is -2.45. The van der Waals surface area contributed by atoms with Crippen molar-refractivity contribution in [1.29, 1.82) is 0 Å². The van der Waals surface area contributed by atoms with E-state index in [1.54, 1.807) is 0 Å². The van der Waals surface area contributed by atoms with Crippen molar-refractivity contribution < 1.29 is 9.53 Å². The van der Waals surface area contributed by atoms with E-state index >= 15 is 0 Å². The van der Waals surface area contributed by atoms with Crippen molar-refractivity contribution in [2.45, 2.75) is 69.3 Å². The molecule has 0 bridgehead atoms. The standard InChI is InChI=1S/C14H26O2Si/c1-16-13(11-7-5-6-8-12(11)15)14(9-10-14)17(2,3)4/h11,13H,5-10H2,1-4H3/t11-,13+/m1/s1. The Balaban J connectivity index is 2.19. The average molecular weight is 254 g/mol. The Morgan fingerprint density at radius 3 is 2.35 bits per heavy atom. The molecular formula is C14H26O2Si. The second kappa shape index (κ2) is 4.50. The number of carbonyl (C=O) groups is 1. The van der Waals surface area contributed by atoms with Crippen LogP contribution in [0.25, 0.3) is 0 Å². The van der Waals surface area contributed by atoms with Gasteiger partial charge in [-0.2, -0.15) is 0 Å². The predicted molar refractivity (Wildman–Crippen MR) is 73.0 cm³/mol. The summed E-state index contributed by atoms with van der Waals surface area (Å²) in [7, 11) is 0.564. The molecule has 0 amide bonds. The fourth-order valence-corrected chi connectivity index (χ4v) is 6.50. The van der Waals surface area contributed by atoms with Crippen LogP contribution in [0.15, 0.2) is 0 Å². The molecule has 2 nitrogen and oxygen atoms in total. The molecule has 0 aromatic rings. The summed E-state index contributed by atoms with van der Waals surface area (Å²) in [5.74, 6) is 0.663. The van der Waals surface area contributed by atoms with Crippen LogP contribution in [0.3, 0.4) is 0 Å². The Morgan fingerprint density at radius 2 is 1.94 bits per heavy atom. The molecule has 17 heavy (non-hydrogen) atoms. The summed E-state index contributed by atoms with van der Waals surface area (Å²) in [5.41, 5.74) is 0. The van der Waals surface area contributed by atoms with E-state index < -0.39 is 8.07 Å². The lowest BCUT2D eigenvalue weighted by Gasteiger charge is -2.40. The molecule has 0 aromatic carbocycles. The molecule has 0 aromatic heterocycles. The summed E-state index contributed by atoms with van der Waals surface area (Å²) in [6, 6.07) is 0. The Bertz CT molecular complexity index is 302. The smallest absolute Gasteiger partial charge is 0.138 e. The van der Waals surface area contributed by atoms with E-state index in [0.717, 1.165) is 19.3 Å². The molecule has 3 heteroatoms. The minimum Gasteiger partial charge on any atom is -0.380 e. The molecule has 0 radical (unpaired) electrons. The van der Waals surface area contributed by atoms with E-state index in [1.165, 1.54) is 19.3 Å². The zero-order valence-electron chi connectivity index (χ0n) is 11.7. The first kappa shape index (κ1) is 13.3. The van der Waals surface area contributed by atoms with Crippen molar-refractivity contribution in [1.82, 2.24) is 0 Å². The van der Waals surface area contributed by atoms with Gasteiger partial charge in [-0.25, -0.2) is 0 Å². The number of ether oxygens (including phenoxy) is 1. The van der Waals surface area contributed by atoms with Crippen LogP contribution < -0.4 is 0 Å². The number of hydrogen-bond acceptors (Lipinski definition) is 2. The first-order chi connectivity index (χ1) is 7.92. The molecule has 98 valence electrons. The van der Waals surface area contributed by atoms with Crippen LogP contribution in [0.5, 0.6) is 0 Å². The Kier molecular flexibility index (Phi) is 3.52. The first-order valence-corrected chi connectivity index (χ1v) is 10.5. The highest BCUT2D eigenvalue weighted by atomic mass is 28.3. The van der Waals surface area contributed by atoms with Crippen LogP contribution in [-0.4, -0.2) is 27.1 Å². The van der Waals surface area contributed by atoms with E-state index in [0.29, 0.717) is 10.8 Å². The van der Waals surface area contributed by atoms with Gasteiger partial charge in [0.15, 0.2) is 0 Å². The Labute approximate surface area is 106 Å². The fourth-order valence-electron chi connectivity index (χ4n) is 3.70. The van der Waals surface area contributed by atoms with Gasteiger partial charge in [0.25, 0.3) is 0 Å². The maximum Gasteiger partial charge on any atom is 0.138 e. The zero-order chi connectivity index (χ0) is 12.7. The minimum atomic E-state index is -1.25. The zero-order valence-corrected chi connectivity index (χ0v) is 12.7. The van der Waals surface area contributed by atoms with E-state index in [9.17, 15) is 4.79 Å². The second-order valence-corrected chi connectivity index (χ2v) is 12.4. The van der Waals surface area contributed by atoms with Crippen molar-refractivity contribution in [3.05, 3.63) is 0 Å². The molecule has 0 unspecified atom stereocenters. The van der Waals surface area contributed by atoms with E-state index in [4.69, 9.17) is 4.74 Å². The first-order valence-electron chi connectivity index (χ1n) is 6.98. The molecule has 2 atom stereocenters. The third-order valence-corrected chi connectivity index (χ3v) is 8.82. The van der Waals surface area contributed by atoms with Gasteiger partial charge in [-0.3, -0.25) is 4.79 Å². The van der Waals surface area contributed by atoms with Crippen LogP contribution in [0.2, 0.25) is 24.7 Å². The van der Waals surface area contributed by atoms with Crippen LogP contribution in [0, 0.1) is 5.92 Å². The SMILES string of the molecule is CO[C@@H]([C@@H]1CCCCC1=O)C1([Si](C)(C)C)CC1. The third kappa shape index (κ3) is 2.24. The summed E-state index contributed by atoms with van der Waals surface area (Å²) in [6.45, 7) is 7.29. The molecule has 0 N–H and O–H groups in total. The van der Waals surface area contributed by atoms with Gasteiger partial charge in [0.05, 0.1) is 14.2 Å². The van der Waals surface area contributed by atoms with Crippen molar-refractivity contribution in [2.75, 3.05) is 7.11 Å². The molecule has 2 fully saturated rings. The van der Waals surface area contributed by atoms with Crippen LogP contribution in [-0.2, 0) is 9.53 Å². The number of methoxy groups -OCH3 is 1. The Morgan fingerprint density at radius 1 is 1.29 bits per heavy atom. The van der Waals surface area contributed by atoms with E-state index in [-0.39, 0.29) is 12.0 Å². The molecule has 2 saturated carbocycles. The summed E-state index contributed by atoms with van der Waals surface area (Å²) in [5, 5.41) is 0.388. The summed E-state index contributed by atoms with van der Waals surface area (Å²) >= 11 is 0. The highest BCUT2D eigenvalue weighted by Gasteiger charge is 2.60. The number of carbonyl (C=O) groups excluding carboxylic acids is 1. The molecule has 0 heterocycles. The minimum absolute atomic E-state index is 0.197. The number of Topliss-reactive ketones (excluding diaryl/α,β-unsaturated/α-hetero) is 1. The lowest BCUT2D eigenvalue weighted by molar-refractivity contribution is -0.130. The number of rotatable bonds is 4. The largest absolute Gasteiger partial charge is 0.380 e. The maximum atomic E-state index is 12.1. The van der Waals surface area contributed by atoms with Gasteiger partial charge >= 0.3 is 0 Å². The molecule has 0 spiro atoms. The summed E-state index contributed by atoms with van der Waals surface area (Å²) in [4.78, 5) is 12.1. The van der Waals surface area contributed by atoms with Gasteiger partial charge < -0.3 is 4.74 Å². The molecule has 0 saturated heterocycles. The summed E-state index contributed by atoms with van der Waals surface area (Å²) in [6.07, 6.45) is 6.91. The van der Waals surface area contributed by atoms with E-state index in [1.807, 2.05) is 7.11 Å². The normalized spacial score (nSPS) is 30.1. The maximum absolute atomic E-state index is 12.1. The van der Waals surface area contributed by atoms with Gasteiger partial charge in [0.1, 0.15) is 5.78 Å². The van der Waals surface area contributed by atoms with Crippen molar-refractivity contribution >= 4 is 13.9 Å². The number of ketones is 1. The van der Waals surface area contributed by atoms with Gasteiger partial charge in [-0.05, 0) is 30.7 Å². The topological polar surface area (TPSA) is 26.3 Å². The van der Waals surface area contributed by atoms with Crippen LogP contribution >= 0.6 is 0 Å². The third-order valence-electron chi connectivity index (χ3n) is 5.05. The second-order valence-electron chi connectivity index (χ2n) is 6.88. The molecule has 2 rings (SSSR count). The Hall–Kier alpha value is -0.153. The summed E-state index contributed by atoms with van der Waals surface area (Å²) < 4.78 is 5.83. The predicted octanol–water partition coefficient (Wildman–Crippen LogP) is 3.63. The van der Waals surface area contributed by atoms with Gasteiger partial charge in [0, 0.05) is 19.4 Å². The van der Waals surface area contributed by atoms with Gasteiger partial charge in [-0.15, -0.1) is 0 Å². The highest BCUT2D eigenvalue weighted by Crippen LogP contribution is 2.65. The lowest BCUT2D eigenvalue weighted by atomic mass is 9.82. The van der Waals surface area contributed by atoms with Crippen LogP contribution in [0.4, 0.5) is 0 Å². The number of hydrogen-bond donors (Lipinski definition) is 0. The van der Waals surface area contributed by atoms with Crippen molar-refractivity contribution in [2.24, 2.45) is 5.92 Å². The monoisotopic (exact) mass is 254 g/mol. The molecule has 2 aliphatic carbocycles. The molecule has 0 aliphatic heterocycles. The quantitative estimate of drug-likeness (QED) is 0.716. The van der Waals surface area contributed by atoms with Gasteiger partial charge in [0.2, 0.25) is 0 Å². The van der Waals surface area contributed by atoms with Gasteiger partial charge in [-0.1, -0.05) is 26.1 Å². The molecular weight excluding hydrogens is 228 g/mol. The van der Waals surface area contributed by atoms with Crippen molar-refractivity contribution in [3.8, 4) is 0 Å². The van der Waals surface area contributed by atoms with Crippen molar-refractivity contribution in [3.63, 3.8) is 0 Å². The van der Waals surface area contributed by atoms with E-state index in [2.05, 4.69) is 19.6 Å². The average Bonchev–Trinajstić information content (AvgIpc) is 3.02. The fraction of sp³-hybridized carbons (Fsp3) is 0.929.